The Balaban J connectivity index is 2.12. The van der Waals surface area contributed by atoms with E-state index >= 15 is 0 Å². The average Bonchev–Trinajstić information content (AvgIpc) is 3.20. The topological polar surface area (TPSA) is 0 Å². The summed E-state index contributed by atoms with van der Waals surface area (Å²) in [5, 5.41) is 6.06. The van der Waals surface area contributed by atoms with Gasteiger partial charge >= 0.3 is 0 Å². The highest BCUT2D eigenvalue weighted by atomic mass is 28.3. The molecule has 0 bridgehead atoms. The van der Waals surface area contributed by atoms with Gasteiger partial charge in [0.1, 0.15) is 0 Å². The number of hydrogen-bond donors (Lipinski definition) is 0. The quantitative estimate of drug-likeness (QED) is 0.473. The van der Waals surface area contributed by atoms with Gasteiger partial charge in [-0.3, -0.25) is 0 Å². The van der Waals surface area contributed by atoms with Gasteiger partial charge in [0.25, 0.3) is 0 Å². The van der Waals surface area contributed by atoms with Crippen LogP contribution in [0, 0.1) is 0 Å². The first-order valence-electron chi connectivity index (χ1n) is 9.43. The van der Waals surface area contributed by atoms with Crippen LogP contribution in [0.1, 0.15) is 19.8 Å². The fourth-order valence-corrected chi connectivity index (χ4v) is 9.65. The molecule has 0 saturated heterocycles. The third-order valence-electron chi connectivity index (χ3n) is 5.48. The van der Waals surface area contributed by atoms with Crippen LogP contribution in [0.5, 0.6) is 0 Å². The first-order valence-corrected chi connectivity index (χ1v) is 11.4. The zero-order valence-corrected chi connectivity index (χ0v) is 16.2. The van der Waals surface area contributed by atoms with Crippen molar-refractivity contribution < 1.29 is 0 Å². The zero-order valence-electron chi connectivity index (χ0n) is 15.2. The SMILES string of the molecule is CCC1=C([Si](c2ccccc2)(c2ccccc2)c2ccccc2)CC=C1. The number of benzene rings is 3. The highest BCUT2D eigenvalue weighted by molar-refractivity contribution is 7.16. The Bertz CT molecular complexity index is 825. The Morgan fingerprint density at radius 3 is 1.46 bits per heavy atom. The summed E-state index contributed by atoms with van der Waals surface area (Å²) in [6, 6.07) is 33.6. The third-order valence-corrected chi connectivity index (χ3v) is 10.5. The highest BCUT2D eigenvalue weighted by Crippen LogP contribution is 2.30. The van der Waals surface area contributed by atoms with E-state index in [1.54, 1.807) is 5.20 Å². The summed E-state index contributed by atoms with van der Waals surface area (Å²) in [7, 11) is -2.26. The van der Waals surface area contributed by atoms with Gasteiger partial charge in [-0.05, 0) is 28.4 Å². The molecular formula is C25H24Si. The molecule has 0 aliphatic heterocycles. The molecule has 26 heavy (non-hydrogen) atoms. The van der Waals surface area contributed by atoms with E-state index in [0.29, 0.717) is 0 Å². The van der Waals surface area contributed by atoms with Crippen molar-refractivity contribution in [3.05, 3.63) is 114 Å². The maximum Gasteiger partial charge on any atom is 0.176 e. The summed E-state index contributed by atoms with van der Waals surface area (Å²) in [5.74, 6) is 0. The van der Waals surface area contributed by atoms with E-state index < -0.39 is 8.07 Å². The minimum atomic E-state index is -2.26. The minimum absolute atomic E-state index is 1.06. The van der Waals surface area contributed by atoms with E-state index in [1.807, 2.05) is 0 Å². The standard InChI is InChI=1S/C25H24Si/c1-2-21-13-12-20-25(21)26(22-14-6-3-7-15-22,23-16-8-4-9-17-23)24-18-10-5-11-19-24/h3-19H,2,20H2,1H3. The molecule has 0 spiro atoms. The van der Waals surface area contributed by atoms with Crippen LogP contribution in [0.25, 0.3) is 0 Å². The summed E-state index contributed by atoms with van der Waals surface area (Å²) in [6.07, 6.45) is 6.86. The molecule has 0 amide bonds. The normalized spacial score (nSPS) is 14.0. The van der Waals surface area contributed by atoms with Crippen LogP contribution in [0.15, 0.2) is 114 Å². The van der Waals surface area contributed by atoms with Crippen LogP contribution in [0.3, 0.4) is 0 Å². The molecule has 0 aromatic heterocycles. The maximum atomic E-state index is 2.35. The van der Waals surface area contributed by atoms with E-state index in [1.165, 1.54) is 21.1 Å². The van der Waals surface area contributed by atoms with Crippen molar-refractivity contribution in [1.82, 2.24) is 0 Å². The lowest BCUT2D eigenvalue weighted by atomic mass is 10.2. The highest BCUT2D eigenvalue weighted by Gasteiger charge is 2.43. The Labute approximate surface area is 157 Å². The molecule has 1 aliphatic rings. The molecule has 128 valence electrons. The van der Waals surface area contributed by atoms with Crippen molar-refractivity contribution >= 4 is 23.6 Å². The van der Waals surface area contributed by atoms with E-state index in [2.05, 4.69) is 110 Å². The Hall–Kier alpha value is -2.64. The van der Waals surface area contributed by atoms with Crippen molar-refractivity contribution in [1.29, 1.82) is 0 Å². The van der Waals surface area contributed by atoms with Crippen molar-refractivity contribution in [2.45, 2.75) is 19.8 Å². The van der Waals surface area contributed by atoms with Crippen LogP contribution in [0.4, 0.5) is 0 Å². The minimum Gasteiger partial charge on any atom is -0.0805 e. The third kappa shape index (κ3) is 2.69. The number of allylic oxidation sites excluding steroid dienone is 4. The van der Waals surface area contributed by atoms with Gasteiger partial charge in [0, 0.05) is 0 Å². The predicted octanol–water partition coefficient (Wildman–Crippen LogP) is 4.36. The summed E-state index contributed by atoms with van der Waals surface area (Å²) in [4.78, 5) is 0. The molecule has 0 fully saturated rings. The van der Waals surface area contributed by atoms with E-state index in [0.717, 1.165) is 12.8 Å². The van der Waals surface area contributed by atoms with Crippen molar-refractivity contribution in [3.63, 3.8) is 0 Å². The van der Waals surface area contributed by atoms with Gasteiger partial charge in [0.2, 0.25) is 0 Å². The fourth-order valence-electron chi connectivity index (χ4n) is 4.36. The molecule has 0 unspecified atom stereocenters. The van der Waals surface area contributed by atoms with Crippen LogP contribution in [-0.2, 0) is 0 Å². The van der Waals surface area contributed by atoms with Gasteiger partial charge in [-0.2, -0.15) is 0 Å². The van der Waals surface area contributed by atoms with Gasteiger partial charge in [-0.25, -0.2) is 0 Å². The average molecular weight is 353 g/mol. The number of hydrogen-bond acceptors (Lipinski definition) is 0. The van der Waals surface area contributed by atoms with E-state index in [4.69, 9.17) is 0 Å². The maximum absolute atomic E-state index is 2.35. The van der Waals surface area contributed by atoms with Crippen molar-refractivity contribution in [2.24, 2.45) is 0 Å². The van der Waals surface area contributed by atoms with Gasteiger partial charge < -0.3 is 0 Å². The lowest BCUT2D eigenvalue weighted by Gasteiger charge is -2.36. The van der Waals surface area contributed by atoms with Gasteiger partial charge in [-0.1, -0.05) is 121 Å². The molecule has 0 atom stereocenters. The summed E-state index contributed by atoms with van der Waals surface area (Å²) >= 11 is 0. The summed E-state index contributed by atoms with van der Waals surface area (Å²) in [5.41, 5.74) is 1.52. The molecule has 0 nitrogen and oxygen atoms in total. The lowest BCUT2D eigenvalue weighted by molar-refractivity contribution is 1.14. The molecule has 0 saturated carbocycles. The van der Waals surface area contributed by atoms with Crippen LogP contribution in [0.2, 0.25) is 0 Å². The first kappa shape index (κ1) is 16.8. The van der Waals surface area contributed by atoms with Crippen LogP contribution >= 0.6 is 0 Å². The van der Waals surface area contributed by atoms with Gasteiger partial charge in [-0.15, -0.1) is 0 Å². The Kier molecular flexibility index (Phi) is 4.72. The zero-order chi connectivity index (χ0) is 17.8. The second-order valence-corrected chi connectivity index (χ2v) is 10.6. The molecule has 0 radical (unpaired) electrons. The number of rotatable bonds is 5. The largest absolute Gasteiger partial charge is 0.176 e. The molecule has 1 aliphatic carbocycles. The predicted molar refractivity (Wildman–Crippen MR) is 115 cm³/mol. The molecule has 4 rings (SSSR count). The molecule has 0 heterocycles. The van der Waals surface area contributed by atoms with E-state index in [9.17, 15) is 0 Å². The Morgan fingerprint density at radius 2 is 1.08 bits per heavy atom. The van der Waals surface area contributed by atoms with Gasteiger partial charge in [0.15, 0.2) is 8.07 Å². The van der Waals surface area contributed by atoms with Gasteiger partial charge in [0.05, 0.1) is 0 Å². The van der Waals surface area contributed by atoms with Crippen LogP contribution in [-0.4, -0.2) is 8.07 Å². The molecule has 1 heteroatoms. The second-order valence-electron chi connectivity index (χ2n) is 6.81. The van der Waals surface area contributed by atoms with Crippen LogP contribution < -0.4 is 15.6 Å². The summed E-state index contributed by atoms with van der Waals surface area (Å²) < 4.78 is 0. The smallest absolute Gasteiger partial charge is 0.0805 e. The fraction of sp³-hybridized carbons (Fsp3) is 0.120. The second kappa shape index (κ2) is 7.31. The van der Waals surface area contributed by atoms with E-state index in [-0.39, 0.29) is 0 Å². The summed E-state index contributed by atoms with van der Waals surface area (Å²) in [6.45, 7) is 2.28. The van der Waals surface area contributed by atoms with Crippen molar-refractivity contribution in [2.75, 3.05) is 0 Å². The van der Waals surface area contributed by atoms with Crippen molar-refractivity contribution in [3.8, 4) is 0 Å². The first-order chi connectivity index (χ1) is 12.9. The molecular weight excluding hydrogens is 328 g/mol. The molecule has 3 aromatic rings. The monoisotopic (exact) mass is 352 g/mol. The molecule has 0 N–H and O–H groups in total. The Morgan fingerprint density at radius 1 is 0.654 bits per heavy atom. The molecule has 3 aromatic carbocycles. The lowest BCUT2D eigenvalue weighted by Crippen LogP contribution is -2.68.